The van der Waals surface area contributed by atoms with E-state index in [4.69, 9.17) is 0 Å². The van der Waals surface area contributed by atoms with Crippen molar-refractivity contribution in [1.82, 2.24) is 15.0 Å². The Balaban J connectivity index is 2.78. The maximum atomic E-state index is 4.11. The predicted octanol–water partition coefficient (Wildman–Crippen LogP) is 2.28. The number of hydrogen-bond acceptors (Lipinski definition) is 2. The van der Waals surface area contributed by atoms with Crippen molar-refractivity contribution in [2.75, 3.05) is 0 Å². The average Bonchev–Trinajstić information content (AvgIpc) is 2.44. The Bertz CT molecular complexity index is 408. The lowest BCUT2D eigenvalue weighted by atomic mass is 10.3. The Labute approximate surface area is 78.4 Å². The third kappa shape index (κ3) is 1.03. The standard InChI is InChI=1S/C8H8BrN3/c1-2-6-7(9)5-3-10-4-11-8(5)12-6/h3-4H,2H2,1H3,(H,10,11,12). The van der Waals surface area contributed by atoms with Gasteiger partial charge in [-0.05, 0) is 22.4 Å². The Morgan fingerprint density at radius 1 is 1.58 bits per heavy atom. The minimum atomic E-state index is 0.897. The van der Waals surface area contributed by atoms with Crippen molar-refractivity contribution in [1.29, 1.82) is 0 Å². The number of nitrogens with zero attached hydrogens (tertiary/aromatic N) is 2. The lowest BCUT2D eigenvalue weighted by Gasteiger charge is -1.88. The summed E-state index contributed by atoms with van der Waals surface area (Å²) in [6, 6.07) is 0. The molecule has 2 aromatic heterocycles. The Hall–Kier alpha value is -0.900. The van der Waals surface area contributed by atoms with E-state index in [0.29, 0.717) is 0 Å². The van der Waals surface area contributed by atoms with Crippen LogP contribution >= 0.6 is 15.9 Å². The molecular formula is C8H8BrN3. The molecule has 0 spiro atoms. The van der Waals surface area contributed by atoms with E-state index in [1.54, 1.807) is 6.33 Å². The number of fused-ring (bicyclic) bond motifs is 1. The van der Waals surface area contributed by atoms with Gasteiger partial charge in [-0.15, -0.1) is 0 Å². The molecule has 3 nitrogen and oxygen atoms in total. The summed E-state index contributed by atoms with van der Waals surface area (Å²) in [7, 11) is 0. The zero-order valence-electron chi connectivity index (χ0n) is 6.63. The summed E-state index contributed by atoms with van der Waals surface area (Å²) in [6.45, 7) is 2.10. The number of aryl methyl sites for hydroxylation is 1. The molecule has 2 rings (SSSR count). The molecule has 0 bridgehead atoms. The number of aromatic amines is 1. The van der Waals surface area contributed by atoms with Gasteiger partial charge in [-0.2, -0.15) is 0 Å². The molecule has 0 fully saturated rings. The normalized spacial score (nSPS) is 10.8. The van der Waals surface area contributed by atoms with E-state index >= 15 is 0 Å². The summed E-state index contributed by atoms with van der Waals surface area (Å²) in [5.41, 5.74) is 2.07. The summed E-state index contributed by atoms with van der Waals surface area (Å²) in [5.74, 6) is 0. The molecule has 4 heteroatoms. The summed E-state index contributed by atoms with van der Waals surface area (Å²) in [6.07, 6.45) is 4.32. The van der Waals surface area contributed by atoms with Crippen molar-refractivity contribution in [3.05, 3.63) is 22.7 Å². The van der Waals surface area contributed by atoms with E-state index in [1.165, 1.54) is 5.69 Å². The Morgan fingerprint density at radius 3 is 3.08 bits per heavy atom. The third-order valence-electron chi connectivity index (χ3n) is 1.84. The van der Waals surface area contributed by atoms with Gasteiger partial charge in [0.05, 0.1) is 5.39 Å². The SMILES string of the molecule is CCc1[nH]c2ncncc2c1Br. The smallest absolute Gasteiger partial charge is 0.142 e. The van der Waals surface area contributed by atoms with Gasteiger partial charge in [0.1, 0.15) is 12.0 Å². The summed E-state index contributed by atoms with van der Waals surface area (Å²) in [5, 5.41) is 1.05. The van der Waals surface area contributed by atoms with Crippen LogP contribution in [0.15, 0.2) is 17.0 Å². The molecule has 0 aliphatic carbocycles. The first kappa shape index (κ1) is 7.73. The van der Waals surface area contributed by atoms with E-state index < -0.39 is 0 Å². The van der Waals surface area contributed by atoms with Crippen LogP contribution in [0.1, 0.15) is 12.6 Å². The van der Waals surface area contributed by atoms with Crippen molar-refractivity contribution in [2.45, 2.75) is 13.3 Å². The molecule has 2 heterocycles. The van der Waals surface area contributed by atoms with Crippen molar-refractivity contribution in [2.24, 2.45) is 0 Å². The van der Waals surface area contributed by atoms with Crippen LogP contribution in [0.4, 0.5) is 0 Å². The molecule has 0 amide bonds. The predicted molar refractivity (Wildman–Crippen MR) is 51.0 cm³/mol. The van der Waals surface area contributed by atoms with E-state index in [-0.39, 0.29) is 0 Å². The van der Waals surface area contributed by atoms with Crippen LogP contribution in [0, 0.1) is 0 Å². The monoisotopic (exact) mass is 225 g/mol. The van der Waals surface area contributed by atoms with Gasteiger partial charge in [0, 0.05) is 16.4 Å². The highest BCUT2D eigenvalue weighted by atomic mass is 79.9. The molecule has 0 atom stereocenters. The number of rotatable bonds is 1. The fourth-order valence-corrected chi connectivity index (χ4v) is 1.86. The van der Waals surface area contributed by atoms with Crippen molar-refractivity contribution in [3.8, 4) is 0 Å². The van der Waals surface area contributed by atoms with Gasteiger partial charge in [0.2, 0.25) is 0 Å². The third-order valence-corrected chi connectivity index (χ3v) is 2.74. The van der Waals surface area contributed by atoms with Gasteiger partial charge >= 0.3 is 0 Å². The van der Waals surface area contributed by atoms with Crippen LogP contribution in [0.3, 0.4) is 0 Å². The van der Waals surface area contributed by atoms with Crippen molar-refractivity contribution in [3.63, 3.8) is 0 Å². The number of halogens is 1. The van der Waals surface area contributed by atoms with Gasteiger partial charge in [0.25, 0.3) is 0 Å². The summed E-state index contributed by atoms with van der Waals surface area (Å²) in [4.78, 5) is 11.3. The first-order chi connectivity index (χ1) is 5.83. The zero-order chi connectivity index (χ0) is 8.55. The van der Waals surface area contributed by atoms with E-state index in [2.05, 4.69) is 37.8 Å². The quantitative estimate of drug-likeness (QED) is 0.810. The van der Waals surface area contributed by atoms with Gasteiger partial charge < -0.3 is 4.98 Å². The minimum Gasteiger partial charge on any atom is -0.342 e. The minimum absolute atomic E-state index is 0.897. The molecule has 0 saturated carbocycles. The fourth-order valence-electron chi connectivity index (χ4n) is 1.19. The van der Waals surface area contributed by atoms with E-state index in [1.807, 2.05) is 6.20 Å². The maximum Gasteiger partial charge on any atom is 0.142 e. The molecule has 62 valence electrons. The van der Waals surface area contributed by atoms with Gasteiger partial charge in [-0.3, -0.25) is 0 Å². The highest BCUT2D eigenvalue weighted by molar-refractivity contribution is 9.10. The van der Waals surface area contributed by atoms with Crippen LogP contribution in [-0.2, 0) is 6.42 Å². The first-order valence-corrected chi connectivity index (χ1v) is 4.58. The molecule has 0 saturated heterocycles. The van der Waals surface area contributed by atoms with Gasteiger partial charge in [-0.25, -0.2) is 9.97 Å². The second-order valence-corrected chi connectivity index (χ2v) is 3.35. The lowest BCUT2D eigenvalue weighted by Crippen LogP contribution is -1.79. The van der Waals surface area contributed by atoms with Crippen molar-refractivity contribution >= 4 is 27.0 Å². The van der Waals surface area contributed by atoms with Crippen LogP contribution < -0.4 is 0 Å². The van der Waals surface area contributed by atoms with Crippen molar-refractivity contribution < 1.29 is 0 Å². The molecule has 2 aromatic rings. The van der Waals surface area contributed by atoms with Gasteiger partial charge in [-0.1, -0.05) is 6.92 Å². The fraction of sp³-hybridized carbons (Fsp3) is 0.250. The topological polar surface area (TPSA) is 41.6 Å². The van der Waals surface area contributed by atoms with E-state index in [0.717, 1.165) is 21.9 Å². The molecule has 1 N–H and O–H groups in total. The molecule has 0 aliphatic heterocycles. The second-order valence-electron chi connectivity index (χ2n) is 2.56. The summed E-state index contributed by atoms with van der Waals surface area (Å²) < 4.78 is 1.08. The highest BCUT2D eigenvalue weighted by Gasteiger charge is 2.06. The highest BCUT2D eigenvalue weighted by Crippen LogP contribution is 2.25. The molecule has 0 unspecified atom stereocenters. The average molecular weight is 226 g/mol. The zero-order valence-corrected chi connectivity index (χ0v) is 8.22. The van der Waals surface area contributed by atoms with Crippen LogP contribution in [-0.4, -0.2) is 15.0 Å². The molecule has 0 aromatic carbocycles. The number of nitrogens with one attached hydrogen (secondary N) is 1. The van der Waals surface area contributed by atoms with E-state index in [9.17, 15) is 0 Å². The van der Waals surface area contributed by atoms with Gasteiger partial charge in [0.15, 0.2) is 0 Å². The van der Waals surface area contributed by atoms with Crippen LogP contribution in [0.2, 0.25) is 0 Å². The Morgan fingerprint density at radius 2 is 2.42 bits per heavy atom. The molecule has 0 aliphatic rings. The van der Waals surface area contributed by atoms with Crippen LogP contribution in [0.25, 0.3) is 11.0 Å². The van der Waals surface area contributed by atoms with Crippen LogP contribution in [0.5, 0.6) is 0 Å². The molecule has 12 heavy (non-hydrogen) atoms. The summed E-state index contributed by atoms with van der Waals surface area (Å²) >= 11 is 3.50. The molecular weight excluding hydrogens is 218 g/mol. The lowest BCUT2D eigenvalue weighted by molar-refractivity contribution is 1.06. The largest absolute Gasteiger partial charge is 0.342 e. The number of H-pyrrole nitrogens is 1. The number of hydrogen-bond donors (Lipinski definition) is 1. The molecule has 0 radical (unpaired) electrons. The first-order valence-electron chi connectivity index (χ1n) is 3.79. The number of aromatic nitrogens is 3. The second kappa shape index (κ2) is 2.86. The maximum absolute atomic E-state index is 4.11. The Kier molecular flexibility index (Phi) is 1.84.